The smallest absolute Gasteiger partial charge is 0.274 e. The van der Waals surface area contributed by atoms with Gasteiger partial charge in [-0.15, -0.1) is 0 Å². The van der Waals surface area contributed by atoms with Gasteiger partial charge in [-0.2, -0.15) is 5.10 Å². The maximum Gasteiger partial charge on any atom is 0.274 e. The van der Waals surface area contributed by atoms with Crippen LogP contribution in [0.1, 0.15) is 41.3 Å². The molecule has 6 nitrogen and oxygen atoms in total. The van der Waals surface area contributed by atoms with Gasteiger partial charge in [0.25, 0.3) is 5.91 Å². The number of nitrogens with one attached hydrogen (secondary N) is 2. The van der Waals surface area contributed by atoms with E-state index in [2.05, 4.69) is 22.4 Å². The molecule has 2 N–H and O–H groups in total. The Labute approximate surface area is 165 Å². The quantitative estimate of drug-likeness (QED) is 0.609. The first-order valence-corrected chi connectivity index (χ1v) is 9.69. The van der Waals surface area contributed by atoms with Crippen LogP contribution in [0.15, 0.2) is 33.8 Å². The minimum atomic E-state index is -0.345. The van der Waals surface area contributed by atoms with Gasteiger partial charge in [0.1, 0.15) is 17.3 Å². The molecule has 3 rings (SSSR count). The summed E-state index contributed by atoms with van der Waals surface area (Å²) >= 11 is 0. The zero-order valence-corrected chi connectivity index (χ0v) is 16.9. The van der Waals surface area contributed by atoms with E-state index in [0.29, 0.717) is 34.0 Å². The fourth-order valence-corrected chi connectivity index (χ4v) is 3.52. The van der Waals surface area contributed by atoms with Crippen molar-refractivity contribution >= 4 is 17.3 Å². The molecule has 1 amide bonds. The van der Waals surface area contributed by atoms with Crippen LogP contribution < -0.4 is 15.2 Å². The summed E-state index contributed by atoms with van der Waals surface area (Å²) in [5.41, 5.74) is 4.76. The number of benzene rings is 1. The summed E-state index contributed by atoms with van der Waals surface area (Å²) in [4.78, 5) is 15.9. The number of piperazine rings is 1. The maximum absolute atomic E-state index is 14.7. The van der Waals surface area contributed by atoms with E-state index >= 15 is 0 Å². The van der Waals surface area contributed by atoms with Gasteiger partial charge in [-0.25, -0.2) is 9.82 Å². The third-order valence-corrected chi connectivity index (χ3v) is 5.29. The average Bonchev–Trinajstić information content (AvgIpc) is 3.04. The van der Waals surface area contributed by atoms with Gasteiger partial charge in [0.15, 0.2) is 0 Å². The van der Waals surface area contributed by atoms with Crippen molar-refractivity contribution in [3.63, 3.8) is 0 Å². The van der Waals surface area contributed by atoms with Gasteiger partial charge in [0.2, 0.25) is 0 Å². The predicted molar refractivity (Wildman–Crippen MR) is 108 cm³/mol. The number of rotatable bonds is 5. The van der Waals surface area contributed by atoms with E-state index in [4.69, 9.17) is 4.42 Å². The first-order chi connectivity index (χ1) is 13.4. The lowest BCUT2D eigenvalue weighted by atomic mass is 10.1. The molecule has 1 fully saturated rings. The Hall–Kier alpha value is -2.67. The van der Waals surface area contributed by atoms with E-state index < -0.39 is 0 Å². The monoisotopic (exact) mass is 387 g/mol. The number of furan rings is 1. The molecule has 0 spiro atoms. The molecule has 0 atom stereocenters. The highest BCUT2D eigenvalue weighted by Crippen LogP contribution is 2.21. The summed E-state index contributed by atoms with van der Waals surface area (Å²) in [5.74, 6) is 0.604. The van der Waals surface area contributed by atoms with Gasteiger partial charge in [0.05, 0.1) is 49.7 Å². The topological polar surface area (TPSA) is 62.3 Å². The number of amides is 1. The molecular formula is C21H28FN4O2+. The predicted octanol–water partition coefficient (Wildman–Crippen LogP) is 1.91. The third-order valence-electron chi connectivity index (χ3n) is 5.29. The standard InChI is InChI=1S/C21H27FN4O2/c1-5-25-8-10-26(11-9-25)20-7-6-17(13-19(20)22)15(3)23-24-21(27)18-12-14(2)28-16(18)4/h6-7,12-13H,5,8-11H2,1-4H3,(H,24,27)/p+1/b23-15-. The van der Waals surface area contributed by atoms with Gasteiger partial charge in [-0.1, -0.05) is 6.07 Å². The third kappa shape index (κ3) is 4.42. The van der Waals surface area contributed by atoms with E-state index in [1.807, 2.05) is 6.07 Å². The van der Waals surface area contributed by atoms with Crippen molar-refractivity contribution in [3.8, 4) is 0 Å². The highest BCUT2D eigenvalue weighted by Gasteiger charge is 2.21. The SMILES string of the molecule is CC[NH+]1CCN(c2ccc(/C(C)=N\NC(=O)c3cc(C)oc3C)cc2F)CC1. The molecule has 0 aliphatic carbocycles. The molecular weight excluding hydrogens is 359 g/mol. The lowest BCUT2D eigenvalue weighted by Crippen LogP contribution is -3.14. The van der Waals surface area contributed by atoms with Crippen molar-refractivity contribution in [3.05, 3.63) is 52.7 Å². The molecule has 0 unspecified atom stereocenters. The number of aryl methyl sites for hydroxylation is 2. The molecule has 0 radical (unpaired) electrons. The highest BCUT2D eigenvalue weighted by molar-refractivity contribution is 6.01. The van der Waals surface area contributed by atoms with E-state index in [1.165, 1.54) is 6.07 Å². The first kappa shape index (κ1) is 20.1. The van der Waals surface area contributed by atoms with Gasteiger partial charge in [-0.05, 0) is 45.9 Å². The van der Waals surface area contributed by atoms with Crippen LogP contribution in [0.2, 0.25) is 0 Å². The van der Waals surface area contributed by atoms with Crippen molar-refractivity contribution in [2.75, 3.05) is 37.6 Å². The van der Waals surface area contributed by atoms with Crippen LogP contribution in [0.5, 0.6) is 0 Å². The summed E-state index contributed by atoms with van der Waals surface area (Å²) in [6, 6.07) is 6.79. The second-order valence-corrected chi connectivity index (χ2v) is 7.22. The van der Waals surface area contributed by atoms with Crippen LogP contribution in [0, 0.1) is 19.7 Å². The van der Waals surface area contributed by atoms with E-state index in [0.717, 1.165) is 32.7 Å². The summed E-state index contributed by atoms with van der Waals surface area (Å²) in [6.07, 6.45) is 0. The number of nitrogens with zero attached hydrogens (tertiary/aromatic N) is 2. The van der Waals surface area contributed by atoms with Crippen molar-refractivity contribution in [2.45, 2.75) is 27.7 Å². The van der Waals surface area contributed by atoms with Crippen LogP contribution in [0.25, 0.3) is 0 Å². The Kier molecular flexibility index (Phi) is 6.14. The number of likely N-dealkylation sites (N-methyl/N-ethyl adjacent to an activating group) is 1. The van der Waals surface area contributed by atoms with Crippen LogP contribution in [0.4, 0.5) is 10.1 Å². The number of hydrazone groups is 1. The molecule has 1 aliphatic heterocycles. The van der Waals surface area contributed by atoms with Crippen LogP contribution in [-0.2, 0) is 0 Å². The van der Waals surface area contributed by atoms with Gasteiger partial charge >= 0.3 is 0 Å². The van der Waals surface area contributed by atoms with E-state index in [9.17, 15) is 9.18 Å². The van der Waals surface area contributed by atoms with Crippen LogP contribution in [-0.4, -0.2) is 44.3 Å². The molecule has 1 aromatic heterocycles. The lowest BCUT2D eigenvalue weighted by Gasteiger charge is -2.33. The number of quaternary nitrogens is 1. The molecule has 7 heteroatoms. The van der Waals surface area contributed by atoms with Gasteiger partial charge in [-0.3, -0.25) is 4.79 Å². The molecule has 1 aliphatic rings. The Balaban J connectivity index is 1.68. The molecule has 0 saturated carbocycles. The Morgan fingerprint density at radius 2 is 2.00 bits per heavy atom. The van der Waals surface area contributed by atoms with Crippen molar-refractivity contribution in [2.24, 2.45) is 5.10 Å². The number of carbonyl (C=O) groups is 1. The number of carbonyl (C=O) groups excluding carboxylic acids is 1. The van der Waals surface area contributed by atoms with Gasteiger partial charge < -0.3 is 14.2 Å². The molecule has 28 heavy (non-hydrogen) atoms. The summed E-state index contributed by atoms with van der Waals surface area (Å²) in [5, 5.41) is 4.12. The average molecular weight is 387 g/mol. The lowest BCUT2D eigenvalue weighted by molar-refractivity contribution is -0.898. The zero-order valence-electron chi connectivity index (χ0n) is 16.9. The minimum absolute atomic E-state index is 0.264. The molecule has 2 heterocycles. The highest BCUT2D eigenvalue weighted by atomic mass is 19.1. The number of halogens is 1. The summed E-state index contributed by atoms with van der Waals surface area (Å²) in [7, 11) is 0. The van der Waals surface area contributed by atoms with Crippen LogP contribution >= 0.6 is 0 Å². The fraction of sp³-hybridized carbons (Fsp3) is 0.429. The zero-order chi connectivity index (χ0) is 20.3. The Bertz CT molecular complexity index is 883. The second kappa shape index (κ2) is 8.56. The molecule has 1 saturated heterocycles. The molecule has 2 aromatic rings. The second-order valence-electron chi connectivity index (χ2n) is 7.22. The first-order valence-electron chi connectivity index (χ1n) is 9.69. The Morgan fingerprint density at radius 3 is 2.57 bits per heavy atom. The Morgan fingerprint density at radius 1 is 1.29 bits per heavy atom. The minimum Gasteiger partial charge on any atom is -0.466 e. The maximum atomic E-state index is 14.7. The largest absolute Gasteiger partial charge is 0.466 e. The van der Waals surface area contributed by atoms with Crippen molar-refractivity contribution in [1.29, 1.82) is 0 Å². The number of anilines is 1. The van der Waals surface area contributed by atoms with Crippen molar-refractivity contribution < 1.29 is 18.5 Å². The molecule has 150 valence electrons. The fourth-order valence-electron chi connectivity index (χ4n) is 3.52. The molecule has 1 aromatic carbocycles. The van der Waals surface area contributed by atoms with Gasteiger partial charge in [0, 0.05) is 5.56 Å². The van der Waals surface area contributed by atoms with Crippen molar-refractivity contribution in [1.82, 2.24) is 5.43 Å². The normalized spacial score (nSPS) is 15.8. The van der Waals surface area contributed by atoms with Crippen LogP contribution in [0.3, 0.4) is 0 Å². The number of hydrogen-bond acceptors (Lipinski definition) is 4. The van der Waals surface area contributed by atoms with E-state index in [-0.39, 0.29) is 11.7 Å². The van der Waals surface area contributed by atoms with E-state index in [1.54, 1.807) is 37.8 Å². The molecule has 0 bridgehead atoms. The number of hydrogen-bond donors (Lipinski definition) is 2. The summed E-state index contributed by atoms with van der Waals surface area (Å²) < 4.78 is 20.1. The summed E-state index contributed by atoms with van der Waals surface area (Å²) in [6.45, 7) is 12.3.